The van der Waals surface area contributed by atoms with Crippen molar-refractivity contribution in [1.82, 2.24) is 5.32 Å². The van der Waals surface area contributed by atoms with E-state index in [9.17, 15) is 9.90 Å². The molecule has 4 heteroatoms. The lowest BCUT2D eigenvalue weighted by atomic mass is 9.67. The van der Waals surface area contributed by atoms with Crippen LogP contribution in [0.3, 0.4) is 0 Å². The molecule has 0 amide bonds. The molecule has 0 aromatic heterocycles. The number of rotatable bonds is 2. The van der Waals surface area contributed by atoms with Gasteiger partial charge in [-0.2, -0.15) is 0 Å². The van der Waals surface area contributed by atoms with Gasteiger partial charge >= 0.3 is 5.97 Å². The number of hydrogen-bond donors (Lipinski definition) is 3. The van der Waals surface area contributed by atoms with Crippen molar-refractivity contribution in [3.05, 3.63) is 35.4 Å². The molecule has 3 unspecified atom stereocenters. The van der Waals surface area contributed by atoms with E-state index in [0.29, 0.717) is 5.56 Å². The maximum Gasteiger partial charge on any atom is 0.335 e. The number of fused-ring (bicyclic) bond motifs is 1. The van der Waals surface area contributed by atoms with E-state index in [4.69, 9.17) is 5.11 Å². The quantitative estimate of drug-likeness (QED) is 0.775. The molecule has 1 heterocycles. The molecule has 1 saturated heterocycles. The van der Waals surface area contributed by atoms with Crippen molar-refractivity contribution in [3.8, 4) is 0 Å². The molecule has 108 valence electrons. The Balaban J connectivity index is 1.86. The van der Waals surface area contributed by atoms with E-state index in [-0.39, 0.29) is 12.0 Å². The van der Waals surface area contributed by atoms with Crippen molar-refractivity contribution in [2.24, 2.45) is 5.92 Å². The first-order chi connectivity index (χ1) is 9.60. The smallest absolute Gasteiger partial charge is 0.335 e. The zero-order valence-electron chi connectivity index (χ0n) is 11.5. The highest BCUT2D eigenvalue weighted by Gasteiger charge is 2.45. The van der Waals surface area contributed by atoms with E-state index in [1.165, 1.54) is 6.42 Å². The summed E-state index contributed by atoms with van der Waals surface area (Å²) < 4.78 is 0. The summed E-state index contributed by atoms with van der Waals surface area (Å²) >= 11 is 0. The van der Waals surface area contributed by atoms with Crippen LogP contribution in [0.4, 0.5) is 0 Å². The summed E-state index contributed by atoms with van der Waals surface area (Å²) in [6.45, 7) is 0.818. The van der Waals surface area contributed by atoms with Crippen molar-refractivity contribution in [2.75, 3.05) is 6.54 Å². The Bertz CT molecular complexity index is 495. The van der Waals surface area contributed by atoms with Crippen molar-refractivity contribution >= 4 is 5.97 Å². The van der Waals surface area contributed by atoms with Gasteiger partial charge in [-0.25, -0.2) is 4.79 Å². The molecule has 1 aromatic rings. The molecule has 0 radical (unpaired) electrons. The van der Waals surface area contributed by atoms with Crippen LogP contribution in [-0.4, -0.2) is 28.3 Å². The van der Waals surface area contributed by atoms with Gasteiger partial charge in [-0.15, -0.1) is 0 Å². The van der Waals surface area contributed by atoms with E-state index in [1.807, 2.05) is 12.1 Å². The minimum absolute atomic E-state index is 0.136. The van der Waals surface area contributed by atoms with Crippen LogP contribution in [0.2, 0.25) is 0 Å². The average Bonchev–Trinajstić information content (AvgIpc) is 2.46. The number of aliphatic hydroxyl groups is 1. The molecule has 3 N–H and O–H groups in total. The second-order valence-corrected chi connectivity index (χ2v) is 6.06. The lowest BCUT2D eigenvalue weighted by Crippen LogP contribution is -2.53. The molecule has 2 aliphatic rings. The summed E-state index contributed by atoms with van der Waals surface area (Å²) in [6.07, 6.45) is 5.02. The number of hydrogen-bond acceptors (Lipinski definition) is 3. The predicted molar refractivity (Wildman–Crippen MR) is 75.7 cm³/mol. The molecular weight excluding hydrogens is 254 g/mol. The predicted octanol–water partition coefficient (Wildman–Crippen LogP) is 2.34. The lowest BCUT2D eigenvalue weighted by Gasteiger charge is -2.48. The van der Waals surface area contributed by atoms with Gasteiger partial charge in [0, 0.05) is 12.0 Å². The molecule has 0 bridgehead atoms. The fourth-order valence-electron chi connectivity index (χ4n) is 3.81. The first-order valence-corrected chi connectivity index (χ1v) is 7.39. The second-order valence-electron chi connectivity index (χ2n) is 6.06. The fourth-order valence-corrected chi connectivity index (χ4v) is 3.81. The lowest BCUT2D eigenvalue weighted by molar-refractivity contribution is -0.0861. The fraction of sp³-hybridized carbons (Fsp3) is 0.562. The third kappa shape index (κ3) is 2.34. The Kier molecular flexibility index (Phi) is 3.52. The summed E-state index contributed by atoms with van der Waals surface area (Å²) in [4.78, 5) is 10.9. The normalized spacial score (nSPS) is 33.5. The minimum Gasteiger partial charge on any atom is -0.478 e. The molecular formula is C16H21NO3. The van der Waals surface area contributed by atoms with Crippen LogP contribution in [0, 0.1) is 5.92 Å². The molecule has 4 nitrogen and oxygen atoms in total. The van der Waals surface area contributed by atoms with Crippen LogP contribution in [0.1, 0.15) is 54.1 Å². The van der Waals surface area contributed by atoms with Gasteiger partial charge in [0.05, 0.1) is 11.2 Å². The summed E-state index contributed by atoms with van der Waals surface area (Å²) in [5.74, 6) is -0.664. The van der Waals surface area contributed by atoms with Crippen molar-refractivity contribution < 1.29 is 15.0 Å². The molecule has 1 saturated carbocycles. The van der Waals surface area contributed by atoms with Crippen LogP contribution in [0.5, 0.6) is 0 Å². The van der Waals surface area contributed by atoms with Gasteiger partial charge in [0.15, 0.2) is 0 Å². The van der Waals surface area contributed by atoms with Gasteiger partial charge in [-0.1, -0.05) is 25.0 Å². The third-order valence-electron chi connectivity index (χ3n) is 4.91. The first-order valence-electron chi connectivity index (χ1n) is 7.39. The van der Waals surface area contributed by atoms with E-state index in [2.05, 4.69) is 5.32 Å². The van der Waals surface area contributed by atoms with Crippen molar-refractivity contribution in [1.29, 1.82) is 0 Å². The standard InChI is InChI=1S/C16H21NO3/c18-15(19)12-6-4-11(5-7-12)14-13-3-1-2-8-16(13,20)9-10-17-14/h4-7,13-14,17,20H,1-3,8-10H2,(H,18,19). The number of carboxylic acid groups (broad SMARTS) is 1. The summed E-state index contributed by atoms with van der Waals surface area (Å²) in [5.41, 5.74) is 0.850. The maximum atomic E-state index is 10.9. The van der Waals surface area contributed by atoms with E-state index in [0.717, 1.165) is 37.8 Å². The molecule has 0 spiro atoms. The molecule has 3 atom stereocenters. The Morgan fingerprint density at radius 2 is 1.95 bits per heavy atom. The number of nitrogens with one attached hydrogen (secondary N) is 1. The SMILES string of the molecule is O=C(O)c1ccc(C2NCCC3(O)CCCCC23)cc1. The van der Waals surface area contributed by atoms with Gasteiger partial charge < -0.3 is 15.5 Å². The van der Waals surface area contributed by atoms with Crippen LogP contribution >= 0.6 is 0 Å². The van der Waals surface area contributed by atoms with Crippen LogP contribution in [-0.2, 0) is 0 Å². The van der Waals surface area contributed by atoms with E-state index < -0.39 is 11.6 Å². The van der Waals surface area contributed by atoms with E-state index >= 15 is 0 Å². The number of aromatic carboxylic acids is 1. The largest absolute Gasteiger partial charge is 0.478 e. The average molecular weight is 275 g/mol. The van der Waals surface area contributed by atoms with Gasteiger partial charge in [-0.3, -0.25) is 0 Å². The molecule has 3 rings (SSSR count). The molecule has 1 aliphatic heterocycles. The topological polar surface area (TPSA) is 69.6 Å². The number of benzene rings is 1. The second kappa shape index (κ2) is 5.19. The minimum atomic E-state index is -0.901. The summed E-state index contributed by atoms with van der Waals surface area (Å²) in [6, 6.07) is 7.19. The highest BCUT2D eigenvalue weighted by atomic mass is 16.4. The number of carboxylic acids is 1. The first kappa shape index (κ1) is 13.6. The highest BCUT2D eigenvalue weighted by Crippen LogP contribution is 2.45. The van der Waals surface area contributed by atoms with Gasteiger partial charge in [-0.05, 0) is 43.5 Å². The zero-order valence-corrected chi connectivity index (χ0v) is 11.5. The van der Waals surface area contributed by atoms with Crippen LogP contribution < -0.4 is 5.32 Å². The summed E-state index contributed by atoms with van der Waals surface area (Å²) in [5, 5.41) is 23.3. The Hall–Kier alpha value is -1.39. The summed E-state index contributed by atoms with van der Waals surface area (Å²) in [7, 11) is 0. The molecule has 2 fully saturated rings. The van der Waals surface area contributed by atoms with Gasteiger partial charge in [0.2, 0.25) is 0 Å². The Labute approximate surface area is 118 Å². The van der Waals surface area contributed by atoms with Gasteiger partial charge in [0.1, 0.15) is 0 Å². The molecule has 1 aromatic carbocycles. The zero-order chi connectivity index (χ0) is 14.2. The monoisotopic (exact) mass is 275 g/mol. The van der Waals surface area contributed by atoms with Crippen LogP contribution in [0.25, 0.3) is 0 Å². The van der Waals surface area contributed by atoms with Crippen molar-refractivity contribution in [3.63, 3.8) is 0 Å². The Morgan fingerprint density at radius 1 is 1.20 bits per heavy atom. The van der Waals surface area contributed by atoms with E-state index in [1.54, 1.807) is 12.1 Å². The molecule has 20 heavy (non-hydrogen) atoms. The van der Waals surface area contributed by atoms with Crippen molar-refractivity contribution in [2.45, 2.75) is 43.7 Å². The maximum absolute atomic E-state index is 10.9. The van der Waals surface area contributed by atoms with Gasteiger partial charge in [0.25, 0.3) is 0 Å². The third-order valence-corrected chi connectivity index (χ3v) is 4.91. The Morgan fingerprint density at radius 3 is 2.65 bits per heavy atom. The number of piperidine rings is 1. The number of carbonyl (C=O) groups is 1. The van der Waals surface area contributed by atoms with Crippen LogP contribution in [0.15, 0.2) is 24.3 Å². The molecule has 1 aliphatic carbocycles. The highest BCUT2D eigenvalue weighted by molar-refractivity contribution is 5.87.